The summed E-state index contributed by atoms with van der Waals surface area (Å²) in [6, 6.07) is 0. The monoisotopic (exact) mass is 278 g/mol. The van der Waals surface area contributed by atoms with E-state index in [1.54, 1.807) is 0 Å². The second kappa shape index (κ2) is 7.05. The smallest absolute Gasteiger partial charge is 0.303 e. The molecule has 0 aromatic rings. The highest BCUT2D eigenvalue weighted by atomic mass is 16.4. The number of unbranched alkanes of at least 4 members (excludes halogenated alkanes) is 3. The minimum Gasteiger partial charge on any atom is -0.481 e. The third-order valence-corrected chi connectivity index (χ3v) is 5.08. The van der Waals surface area contributed by atoms with E-state index in [1.807, 2.05) is 0 Å². The highest BCUT2D eigenvalue weighted by molar-refractivity contribution is 5.84. The molecular weight excluding hydrogens is 252 g/mol. The van der Waals surface area contributed by atoms with Gasteiger partial charge in [0.2, 0.25) is 0 Å². The molecule has 2 rings (SSSR count). The zero-order valence-corrected chi connectivity index (χ0v) is 12.4. The molecule has 0 aromatic heterocycles. The molecule has 1 fully saturated rings. The maximum absolute atomic E-state index is 12.2. The quantitative estimate of drug-likeness (QED) is 0.566. The first-order valence-corrected chi connectivity index (χ1v) is 8.00. The minimum absolute atomic E-state index is 0.275. The van der Waals surface area contributed by atoms with Gasteiger partial charge in [0.05, 0.1) is 0 Å². The Balaban J connectivity index is 1.72. The fraction of sp³-hybridized carbons (Fsp3) is 0.765. The maximum Gasteiger partial charge on any atom is 0.303 e. The Labute approximate surface area is 121 Å². The zero-order valence-electron chi connectivity index (χ0n) is 12.4. The number of hydrogen-bond donors (Lipinski definition) is 1. The fourth-order valence-electron chi connectivity index (χ4n) is 3.96. The van der Waals surface area contributed by atoms with Crippen LogP contribution in [0.1, 0.15) is 64.7 Å². The Kier molecular flexibility index (Phi) is 5.38. The fourth-order valence-corrected chi connectivity index (χ4v) is 3.96. The van der Waals surface area contributed by atoms with E-state index in [1.165, 1.54) is 12.0 Å². The van der Waals surface area contributed by atoms with Gasteiger partial charge in [0.15, 0.2) is 0 Å². The van der Waals surface area contributed by atoms with Crippen molar-refractivity contribution in [2.75, 3.05) is 0 Å². The van der Waals surface area contributed by atoms with E-state index in [9.17, 15) is 9.59 Å². The van der Waals surface area contributed by atoms with Crippen molar-refractivity contribution in [2.45, 2.75) is 64.7 Å². The summed E-state index contributed by atoms with van der Waals surface area (Å²) in [5.41, 5.74) is 1.43. The van der Waals surface area contributed by atoms with Crippen LogP contribution >= 0.6 is 0 Å². The van der Waals surface area contributed by atoms with E-state index in [2.05, 4.69) is 13.0 Å². The minimum atomic E-state index is -0.705. The summed E-state index contributed by atoms with van der Waals surface area (Å²) in [7, 11) is 0. The second-order valence-electron chi connectivity index (χ2n) is 6.42. The summed E-state index contributed by atoms with van der Waals surface area (Å²) >= 11 is 0. The molecule has 0 aliphatic heterocycles. The van der Waals surface area contributed by atoms with Crippen molar-refractivity contribution in [1.29, 1.82) is 0 Å². The average Bonchev–Trinajstić information content (AvgIpc) is 2.71. The van der Waals surface area contributed by atoms with Crippen molar-refractivity contribution < 1.29 is 14.7 Å². The van der Waals surface area contributed by atoms with Crippen LogP contribution in [0, 0.1) is 17.8 Å². The number of allylic oxidation sites excluding steroid dienone is 2. The number of carbonyl (C=O) groups is 2. The number of carbonyl (C=O) groups excluding carboxylic acids is 1. The molecule has 2 aliphatic rings. The van der Waals surface area contributed by atoms with Crippen LogP contribution in [0.3, 0.4) is 0 Å². The Hall–Kier alpha value is -1.12. The Morgan fingerprint density at radius 3 is 2.80 bits per heavy atom. The maximum atomic E-state index is 12.2. The van der Waals surface area contributed by atoms with Crippen LogP contribution in [0.4, 0.5) is 0 Å². The van der Waals surface area contributed by atoms with E-state index >= 15 is 0 Å². The molecule has 3 heteroatoms. The summed E-state index contributed by atoms with van der Waals surface area (Å²) in [6.07, 6.45) is 10.5. The third kappa shape index (κ3) is 3.71. The van der Waals surface area contributed by atoms with Gasteiger partial charge in [-0.15, -0.1) is 0 Å². The summed E-state index contributed by atoms with van der Waals surface area (Å²) in [4.78, 5) is 22.6. The molecule has 0 spiro atoms. The molecular formula is C17H26O3. The topological polar surface area (TPSA) is 54.4 Å². The largest absolute Gasteiger partial charge is 0.481 e. The average molecular weight is 278 g/mol. The van der Waals surface area contributed by atoms with Crippen LogP contribution in [0.2, 0.25) is 0 Å². The molecule has 0 aromatic carbocycles. The van der Waals surface area contributed by atoms with Crippen molar-refractivity contribution >= 4 is 11.8 Å². The van der Waals surface area contributed by atoms with E-state index in [0.29, 0.717) is 17.6 Å². The molecule has 112 valence electrons. The van der Waals surface area contributed by atoms with Crippen LogP contribution in [0.15, 0.2) is 11.6 Å². The van der Waals surface area contributed by atoms with E-state index in [-0.39, 0.29) is 12.3 Å². The number of hydrogen-bond acceptors (Lipinski definition) is 2. The molecule has 0 bridgehead atoms. The van der Waals surface area contributed by atoms with Crippen molar-refractivity contribution in [2.24, 2.45) is 17.8 Å². The first-order chi connectivity index (χ1) is 9.59. The van der Waals surface area contributed by atoms with Crippen LogP contribution < -0.4 is 0 Å². The molecule has 0 saturated heterocycles. The van der Waals surface area contributed by atoms with Gasteiger partial charge in [-0.2, -0.15) is 0 Å². The zero-order chi connectivity index (χ0) is 14.5. The second-order valence-corrected chi connectivity index (χ2v) is 6.42. The Morgan fingerprint density at radius 1 is 1.30 bits per heavy atom. The summed E-state index contributed by atoms with van der Waals surface area (Å²) in [5.74, 6) is 1.16. The summed E-state index contributed by atoms with van der Waals surface area (Å²) in [5, 5.41) is 8.58. The normalized spacial score (nSPS) is 29.1. The van der Waals surface area contributed by atoms with Crippen LogP contribution in [-0.2, 0) is 9.59 Å². The molecule has 0 heterocycles. The number of rotatable bonds is 7. The number of carboxylic acids is 1. The molecule has 20 heavy (non-hydrogen) atoms. The van der Waals surface area contributed by atoms with E-state index in [0.717, 1.165) is 44.9 Å². The predicted octanol–water partition coefficient (Wildman–Crippen LogP) is 3.97. The van der Waals surface area contributed by atoms with Gasteiger partial charge in [-0.1, -0.05) is 30.9 Å². The molecule has 1 unspecified atom stereocenters. The number of aliphatic carboxylic acids is 1. The number of fused-ring (bicyclic) bond motifs is 1. The number of ketones is 1. The van der Waals surface area contributed by atoms with Crippen LogP contribution in [0.5, 0.6) is 0 Å². The van der Waals surface area contributed by atoms with Crippen LogP contribution in [0.25, 0.3) is 0 Å². The molecule has 0 amide bonds. The van der Waals surface area contributed by atoms with Crippen LogP contribution in [-0.4, -0.2) is 16.9 Å². The highest BCUT2D eigenvalue weighted by Crippen LogP contribution is 2.46. The Bertz CT molecular complexity index is 397. The van der Waals surface area contributed by atoms with Gasteiger partial charge in [0, 0.05) is 18.8 Å². The van der Waals surface area contributed by atoms with Gasteiger partial charge in [-0.3, -0.25) is 9.59 Å². The Morgan fingerprint density at radius 2 is 2.05 bits per heavy atom. The third-order valence-electron chi connectivity index (χ3n) is 5.08. The summed E-state index contributed by atoms with van der Waals surface area (Å²) in [6.45, 7) is 2.18. The first kappa shape index (κ1) is 15.3. The lowest BCUT2D eigenvalue weighted by molar-refractivity contribution is -0.137. The number of carboxylic acid groups (broad SMARTS) is 1. The van der Waals surface area contributed by atoms with Gasteiger partial charge < -0.3 is 5.11 Å². The van der Waals surface area contributed by atoms with Crippen molar-refractivity contribution in [3.63, 3.8) is 0 Å². The summed E-state index contributed by atoms with van der Waals surface area (Å²) < 4.78 is 0. The highest BCUT2D eigenvalue weighted by Gasteiger charge is 2.42. The lowest BCUT2D eigenvalue weighted by atomic mass is 9.76. The van der Waals surface area contributed by atoms with Crippen molar-refractivity contribution in [3.8, 4) is 0 Å². The molecule has 3 atom stereocenters. The first-order valence-electron chi connectivity index (χ1n) is 8.00. The van der Waals surface area contributed by atoms with Gasteiger partial charge >= 0.3 is 5.97 Å². The van der Waals surface area contributed by atoms with Gasteiger partial charge in [-0.05, 0) is 44.4 Å². The van der Waals surface area contributed by atoms with Gasteiger partial charge in [0.25, 0.3) is 0 Å². The molecule has 1 N–H and O–H groups in total. The molecule has 0 radical (unpaired) electrons. The van der Waals surface area contributed by atoms with E-state index < -0.39 is 5.97 Å². The van der Waals surface area contributed by atoms with Crippen molar-refractivity contribution in [1.82, 2.24) is 0 Å². The van der Waals surface area contributed by atoms with Gasteiger partial charge in [0.1, 0.15) is 5.78 Å². The lowest BCUT2D eigenvalue weighted by Gasteiger charge is -2.28. The molecule has 1 saturated carbocycles. The lowest BCUT2D eigenvalue weighted by Crippen LogP contribution is -2.20. The molecule has 2 aliphatic carbocycles. The van der Waals surface area contributed by atoms with E-state index in [4.69, 9.17) is 5.11 Å². The molecule has 3 nitrogen and oxygen atoms in total. The standard InChI is InChI=1S/C17H26O3/c1-12-7-6-9-13-14(16(18)11-15(12)13)8-4-2-3-5-10-17(19)20/h7,13-15H,2-6,8-11H2,1H3,(H,19,20)/t13-,14-,15?/m1/s1. The number of Topliss-reactive ketones (excluding diaryl/α,β-unsaturated/α-hetero) is 1. The van der Waals surface area contributed by atoms with Gasteiger partial charge in [-0.25, -0.2) is 0 Å². The predicted molar refractivity (Wildman–Crippen MR) is 78.4 cm³/mol. The SMILES string of the molecule is CC1=CCC[C@H]2C1CC(=O)[C@@H]2CCCCCCC(=O)O. The van der Waals surface area contributed by atoms with Crippen molar-refractivity contribution in [3.05, 3.63) is 11.6 Å².